The monoisotopic (exact) mass is 333 g/mol. The van der Waals surface area contributed by atoms with Gasteiger partial charge in [-0.15, -0.1) is 0 Å². The highest BCUT2D eigenvalue weighted by atomic mass is 16.1. The molecule has 0 aromatic heterocycles. The Kier molecular flexibility index (Phi) is 5.22. The first-order valence-corrected chi connectivity index (χ1v) is 8.20. The SMILES string of the molecule is N#CCC(=O)NCc1ccc(CN2CC(=O)c3ccccc3C2)cc1. The van der Waals surface area contributed by atoms with Gasteiger partial charge in [0.25, 0.3) is 0 Å². The number of Topliss-reactive ketones (excluding diaryl/α,β-unsaturated/α-hetero) is 1. The highest BCUT2D eigenvalue weighted by Gasteiger charge is 2.22. The summed E-state index contributed by atoms with van der Waals surface area (Å²) in [4.78, 5) is 25.7. The minimum atomic E-state index is -0.267. The van der Waals surface area contributed by atoms with Crippen molar-refractivity contribution in [3.8, 4) is 6.07 Å². The number of hydrogen-bond acceptors (Lipinski definition) is 4. The van der Waals surface area contributed by atoms with Crippen molar-refractivity contribution in [3.63, 3.8) is 0 Å². The second-order valence-corrected chi connectivity index (χ2v) is 6.15. The number of rotatable bonds is 5. The average molecular weight is 333 g/mol. The number of fused-ring (bicyclic) bond motifs is 1. The molecule has 1 amide bonds. The van der Waals surface area contributed by atoms with Crippen molar-refractivity contribution in [1.29, 1.82) is 5.26 Å². The molecule has 0 radical (unpaired) electrons. The minimum Gasteiger partial charge on any atom is -0.351 e. The van der Waals surface area contributed by atoms with Crippen molar-refractivity contribution in [3.05, 3.63) is 70.8 Å². The van der Waals surface area contributed by atoms with Crippen LogP contribution in [0.25, 0.3) is 0 Å². The van der Waals surface area contributed by atoms with E-state index in [0.29, 0.717) is 19.6 Å². The van der Waals surface area contributed by atoms with Crippen molar-refractivity contribution in [1.82, 2.24) is 10.2 Å². The zero-order valence-electron chi connectivity index (χ0n) is 13.9. The van der Waals surface area contributed by atoms with Crippen LogP contribution >= 0.6 is 0 Å². The number of carbonyl (C=O) groups is 2. The van der Waals surface area contributed by atoms with E-state index in [-0.39, 0.29) is 18.1 Å². The van der Waals surface area contributed by atoms with Crippen molar-refractivity contribution in [2.75, 3.05) is 6.54 Å². The predicted octanol–water partition coefficient (Wildman–Crippen LogP) is 2.41. The Labute approximate surface area is 146 Å². The van der Waals surface area contributed by atoms with E-state index >= 15 is 0 Å². The third-order valence-electron chi connectivity index (χ3n) is 4.24. The lowest BCUT2D eigenvalue weighted by molar-refractivity contribution is -0.120. The molecule has 0 fully saturated rings. The van der Waals surface area contributed by atoms with Gasteiger partial charge in [-0.25, -0.2) is 0 Å². The van der Waals surface area contributed by atoms with E-state index in [9.17, 15) is 9.59 Å². The summed E-state index contributed by atoms with van der Waals surface area (Å²) in [5.74, 6) is -0.101. The van der Waals surface area contributed by atoms with Crippen molar-refractivity contribution >= 4 is 11.7 Å². The van der Waals surface area contributed by atoms with Gasteiger partial charge in [0.1, 0.15) is 6.42 Å². The lowest BCUT2D eigenvalue weighted by atomic mass is 9.98. The number of nitriles is 1. The van der Waals surface area contributed by atoms with Gasteiger partial charge >= 0.3 is 0 Å². The van der Waals surface area contributed by atoms with E-state index in [0.717, 1.165) is 28.8 Å². The maximum atomic E-state index is 12.2. The van der Waals surface area contributed by atoms with Crippen molar-refractivity contribution < 1.29 is 9.59 Å². The molecule has 0 bridgehead atoms. The fourth-order valence-electron chi connectivity index (χ4n) is 2.98. The topological polar surface area (TPSA) is 73.2 Å². The Bertz CT molecular complexity index is 822. The normalized spacial score (nSPS) is 13.8. The van der Waals surface area contributed by atoms with Gasteiger partial charge in [-0.1, -0.05) is 48.5 Å². The average Bonchev–Trinajstić information content (AvgIpc) is 2.61. The Morgan fingerprint density at radius 1 is 1.08 bits per heavy atom. The number of nitrogens with one attached hydrogen (secondary N) is 1. The highest BCUT2D eigenvalue weighted by Crippen LogP contribution is 2.20. The van der Waals surface area contributed by atoms with Crippen LogP contribution in [0.1, 0.15) is 33.5 Å². The second-order valence-electron chi connectivity index (χ2n) is 6.15. The zero-order chi connectivity index (χ0) is 17.6. The first-order chi connectivity index (χ1) is 12.2. The molecular formula is C20H19N3O2. The molecule has 0 saturated carbocycles. The fourth-order valence-corrected chi connectivity index (χ4v) is 2.98. The smallest absolute Gasteiger partial charge is 0.234 e. The van der Waals surface area contributed by atoms with Gasteiger partial charge < -0.3 is 5.32 Å². The Hall–Kier alpha value is -2.97. The van der Waals surface area contributed by atoms with Crippen LogP contribution in [0.3, 0.4) is 0 Å². The van der Waals surface area contributed by atoms with E-state index < -0.39 is 0 Å². The zero-order valence-corrected chi connectivity index (χ0v) is 13.9. The molecule has 5 nitrogen and oxygen atoms in total. The number of amides is 1. The summed E-state index contributed by atoms with van der Waals surface area (Å²) < 4.78 is 0. The van der Waals surface area contributed by atoms with E-state index in [4.69, 9.17) is 5.26 Å². The molecule has 3 rings (SSSR count). The lowest BCUT2D eigenvalue weighted by Gasteiger charge is -2.27. The van der Waals surface area contributed by atoms with Crippen LogP contribution < -0.4 is 5.32 Å². The summed E-state index contributed by atoms with van der Waals surface area (Å²) in [5, 5.41) is 11.2. The Morgan fingerprint density at radius 2 is 1.80 bits per heavy atom. The number of carbonyl (C=O) groups excluding carboxylic acids is 2. The summed E-state index contributed by atoms with van der Waals surface area (Å²) in [6.45, 7) is 2.33. The molecule has 0 unspecified atom stereocenters. The van der Waals surface area contributed by atoms with E-state index in [1.54, 1.807) is 0 Å². The van der Waals surface area contributed by atoms with Gasteiger partial charge in [0.05, 0.1) is 12.6 Å². The molecule has 1 aliphatic heterocycles. The van der Waals surface area contributed by atoms with Gasteiger partial charge in [0, 0.05) is 25.2 Å². The minimum absolute atomic E-state index is 0.122. The van der Waals surface area contributed by atoms with Crippen LogP contribution in [0.5, 0.6) is 0 Å². The summed E-state index contributed by atoms with van der Waals surface area (Å²) in [6.07, 6.45) is -0.122. The van der Waals surface area contributed by atoms with E-state index in [2.05, 4.69) is 10.2 Å². The fraction of sp³-hybridized carbons (Fsp3) is 0.250. The Balaban J connectivity index is 1.58. The van der Waals surface area contributed by atoms with Crippen LogP contribution in [-0.4, -0.2) is 23.1 Å². The van der Waals surface area contributed by atoms with Crippen LogP contribution in [0, 0.1) is 11.3 Å². The van der Waals surface area contributed by atoms with Gasteiger partial charge in [0.2, 0.25) is 5.91 Å². The maximum absolute atomic E-state index is 12.2. The van der Waals surface area contributed by atoms with Gasteiger partial charge in [0.15, 0.2) is 5.78 Å². The molecule has 0 aliphatic carbocycles. The number of ketones is 1. The van der Waals surface area contributed by atoms with Gasteiger partial charge in [-0.3, -0.25) is 14.5 Å². The third kappa shape index (κ3) is 4.31. The first-order valence-electron chi connectivity index (χ1n) is 8.20. The predicted molar refractivity (Wildman–Crippen MR) is 93.4 cm³/mol. The molecule has 1 aliphatic rings. The molecule has 2 aromatic carbocycles. The summed E-state index contributed by atoms with van der Waals surface area (Å²) in [7, 11) is 0. The van der Waals surface area contributed by atoms with Crippen LogP contribution in [0.4, 0.5) is 0 Å². The van der Waals surface area contributed by atoms with Crippen molar-refractivity contribution in [2.45, 2.75) is 26.1 Å². The van der Waals surface area contributed by atoms with Crippen LogP contribution in [0.2, 0.25) is 0 Å². The maximum Gasteiger partial charge on any atom is 0.234 e. The first kappa shape index (κ1) is 16.9. The largest absolute Gasteiger partial charge is 0.351 e. The Morgan fingerprint density at radius 3 is 2.56 bits per heavy atom. The number of benzene rings is 2. The molecule has 1 N–H and O–H groups in total. The van der Waals surface area contributed by atoms with Crippen molar-refractivity contribution in [2.24, 2.45) is 0 Å². The number of hydrogen-bond donors (Lipinski definition) is 1. The van der Waals surface area contributed by atoms with Crippen LogP contribution in [0.15, 0.2) is 48.5 Å². The van der Waals surface area contributed by atoms with Crippen LogP contribution in [-0.2, 0) is 24.4 Å². The third-order valence-corrected chi connectivity index (χ3v) is 4.24. The van der Waals surface area contributed by atoms with Gasteiger partial charge in [-0.05, 0) is 16.7 Å². The van der Waals surface area contributed by atoms with E-state index in [1.165, 1.54) is 0 Å². The molecule has 2 aromatic rings. The molecule has 5 heteroatoms. The second kappa shape index (κ2) is 7.73. The lowest BCUT2D eigenvalue weighted by Crippen LogP contribution is -2.34. The van der Waals surface area contributed by atoms with E-state index in [1.807, 2.05) is 54.6 Å². The molecule has 0 spiro atoms. The molecular weight excluding hydrogens is 314 g/mol. The molecule has 126 valence electrons. The summed E-state index contributed by atoms with van der Waals surface area (Å²) >= 11 is 0. The standard InChI is InChI=1S/C20H19N3O2/c21-10-9-20(25)22-11-15-5-7-16(8-6-15)12-23-13-17-3-1-2-4-18(17)19(24)14-23/h1-8H,9,11-14H2,(H,22,25). The highest BCUT2D eigenvalue weighted by molar-refractivity contribution is 5.99. The van der Waals surface area contributed by atoms with Gasteiger partial charge in [-0.2, -0.15) is 5.26 Å². The number of nitrogens with zero attached hydrogens (tertiary/aromatic N) is 2. The summed E-state index contributed by atoms with van der Waals surface area (Å²) in [6, 6.07) is 17.5. The molecule has 25 heavy (non-hydrogen) atoms. The molecule has 0 saturated heterocycles. The summed E-state index contributed by atoms with van der Waals surface area (Å²) in [5.41, 5.74) is 4.02. The molecule has 1 heterocycles. The quantitative estimate of drug-likeness (QED) is 0.912. The molecule has 0 atom stereocenters.